The summed E-state index contributed by atoms with van der Waals surface area (Å²) in [5.41, 5.74) is 0.972. The predicted molar refractivity (Wildman–Crippen MR) is 112 cm³/mol. The molecule has 0 saturated carbocycles. The first-order valence-electron chi connectivity index (χ1n) is 9.90. The third-order valence-corrected chi connectivity index (χ3v) is 5.51. The van der Waals surface area contributed by atoms with E-state index in [0.29, 0.717) is 18.8 Å². The van der Waals surface area contributed by atoms with Crippen molar-refractivity contribution in [2.75, 3.05) is 34.4 Å². The number of β-lactam (4-membered cyclic amide) rings is 1. The SMILES string of the molecule is COC(=O)C(C)N(C)CCN1C(=O)[C@@H](Oc2ccccc2)[C@H]1c1ccc(OC)cc1. The average Bonchev–Trinajstić information content (AvgIpc) is 2.79. The lowest BCUT2D eigenvalue weighted by Crippen LogP contribution is -2.62. The van der Waals surface area contributed by atoms with Crippen LogP contribution in [0.25, 0.3) is 0 Å². The van der Waals surface area contributed by atoms with Crippen molar-refractivity contribution in [1.29, 1.82) is 0 Å². The lowest BCUT2D eigenvalue weighted by Gasteiger charge is -2.47. The van der Waals surface area contributed by atoms with E-state index in [2.05, 4.69) is 0 Å². The average molecular weight is 412 g/mol. The second-order valence-corrected chi connectivity index (χ2v) is 7.28. The van der Waals surface area contributed by atoms with Gasteiger partial charge in [-0.05, 0) is 43.8 Å². The molecule has 1 aliphatic rings. The lowest BCUT2D eigenvalue weighted by molar-refractivity contribution is -0.164. The van der Waals surface area contributed by atoms with Gasteiger partial charge in [0, 0.05) is 13.1 Å². The highest BCUT2D eigenvalue weighted by atomic mass is 16.5. The van der Waals surface area contributed by atoms with E-state index in [-0.39, 0.29) is 24.0 Å². The first kappa shape index (κ1) is 21.6. The van der Waals surface area contributed by atoms with Crippen LogP contribution in [0.5, 0.6) is 11.5 Å². The minimum absolute atomic E-state index is 0.0706. The number of carbonyl (C=O) groups is 2. The fourth-order valence-corrected chi connectivity index (χ4v) is 3.49. The van der Waals surface area contributed by atoms with E-state index in [1.807, 2.05) is 66.5 Å². The molecule has 0 radical (unpaired) electrons. The second kappa shape index (κ2) is 9.63. The molecule has 1 saturated heterocycles. The Bertz CT molecular complexity index is 856. The normalized spacial score (nSPS) is 19.2. The molecule has 160 valence electrons. The molecule has 1 heterocycles. The predicted octanol–water partition coefficient (Wildman–Crippen LogP) is 2.52. The third-order valence-electron chi connectivity index (χ3n) is 5.51. The van der Waals surface area contributed by atoms with Gasteiger partial charge in [-0.1, -0.05) is 30.3 Å². The molecule has 1 aliphatic heterocycles. The number of esters is 1. The zero-order valence-electron chi connectivity index (χ0n) is 17.8. The van der Waals surface area contributed by atoms with Crippen molar-refractivity contribution in [1.82, 2.24) is 9.80 Å². The highest BCUT2D eigenvalue weighted by Crippen LogP contribution is 2.38. The maximum absolute atomic E-state index is 12.9. The van der Waals surface area contributed by atoms with Crippen molar-refractivity contribution in [2.24, 2.45) is 0 Å². The lowest BCUT2D eigenvalue weighted by atomic mass is 9.90. The summed E-state index contributed by atoms with van der Waals surface area (Å²) in [6.45, 7) is 2.79. The molecule has 2 aromatic carbocycles. The van der Waals surface area contributed by atoms with Crippen LogP contribution in [-0.2, 0) is 14.3 Å². The van der Waals surface area contributed by atoms with Gasteiger partial charge in [0.25, 0.3) is 5.91 Å². The standard InChI is InChI=1S/C23H28N2O5/c1-16(23(27)29-4)24(2)14-15-25-20(17-10-12-18(28-3)13-11-17)21(22(25)26)30-19-8-6-5-7-9-19/h5-13,16,20-21H,14-15H2,1-4H3/t16?,20-,21+/m1/s1. The van der Waals surface area contributed by atoms with Gasteiger partial charge in [0.05, 0.1) is 14.2 Å². The van der Waals surface area contributed by atoms with Crippen LogP contribution in [0.2, 0.25) is 0 Å². The molecule has 7 nitrogen and oxygen atoms in total. The zero-order valence-corrected chi connectivity index (χ0v) is 17.8. The smallest absolute Gasteiger partial charge is 0.322 e. The highest BCUT2D eigenvalue weighted by molar-refractivity contribution is 5.89. The largest absolute Gasteiger partial charge is 0.497 e. The summed E-state index contributed by atoms with van der Waals surface area (Å²) in [5.74, 6) is 1.04. The van der Waals surface area contributed by atoms with Gasteiger partial charge < -0.3 is 19.1 Å². The molecule has 1 unspecified atom stereocenters. The summed E-state index contributed by atoms with van der Waals surface area (Å²) in [4.78, 5) is 28.3. The molecule has 3 rings (SSSR count). The minimum Gasteiger partial charge on any atom is -0.497 e. The Balaban J connectivity index is 1.75. The van der Waals surface area contributed by atoms with E-state index in [9.17, 15) is 9.59 Å². The monoisotopic (exact) mass is 412 g/mol. The highest BCUT2D eigenvalue weighted by Gasteiger charge is 2.50. The van der Waals surface area contributed by atoms with E-state index >= 15 is 0 Å². The molecule has 1 amide bonds. The second-order valence-electron chi connectivity index (χ2n) is 7.28. The van der Waals surface area contributed by atoms with Gasteiger partial charge in [0.2, 0.25) is 6.10 Å². The van der Waals surface area contributed by atoms with Crippen molar-refractivity contribution in [3.05, 3.63) is 60.2 Å². The van der Waals surface area contributed by atoms with Crippen molar-refractivity contribution in [3.63, 3.8) is 0 Å². The number of rotatable bonds is 9. The van der Waals surface area contributed by atoms with Crippen molar-refractivity contribution in [2.45, 2.75) is 25.1 Å². The van der Waals surface area contributed by atoms with Crippen LogP contribution in [0, 0.1) is 0 Å². The molecule has 30 heavy (non-hydrogen) atoms. The Morgan fingerprint density at radius 2 is 1.73 bits per heavy atom. The molecule has 1 fully saturated rings. The fraction of sp³-hybridized carbons (Fsp3) is 0.391. The van der Waals surface area contributed by atoms with Gasteiger partial charge in [0.15, 0.2) is 0 Å². The van der Waals surface area contributed by atoms with Crippen LogP contribution in [-0.4, -0.2) is 68.2 Å². The number of nitrogens with zero attached hydrogens (tertiary/aromatic N) is 2. The molecule has 0 spiro atoms. The number of benzene rings is 2. The number of ether oxygens (including phenoxy) is 3. The third kappa shape index (κ3) is 4.57. The maximum atomic E-state index is 12.9. The first-order chi connectivity index (χ1) is 14.5. The van der Waals surface area contributed by atoms with Crippen molar-refractivity contribution >= 4 is 11.9 Å². The molecule has 0 bridgehead atoms. The van der Waals surface area contributed by atoms with Crippen LogP contribution < -0.4 is 9.47 Å². The Hall–Kier alpha value is -3.06. The van der Waals surface area contributed by atoms with E-state index in [1.54, 1.807) is 18.9 Å². The maximum Gasteiger partial charge on any atom is 0.322 e. The summed E-state index contributed by atoms with van der Waals surface area (Å²) < 4.78 is 16.1. The Kier molecular flexibility index (Phi) is 6.95. The number of likely N-dealkylation sites (tertiary alicyclic amines) is 1. The van der Waals surface area contributed by atoms with Gasteiger partial charge in [0.1, 0.15) is 23.6 Å². The number of para-hydroxylation sites is 1. The van der Waals surface area contributed by atoms with Crippen molar-refractivity contribution < 1.29 is 23.8 Å². The number of hydrogen-bond acceptors (Lipinski definition) is 6. The van der Waals surface area contributed by atoms with Crippen LogP contribution in [0.1, 0.15) is 18.5 Å². The Morgan fingerprint density at radius 3 is 2.33 bits per heavy atom. The summed E-state index contributed by atoms with van der Waals surface area (Å²) in [6, 6.07) is 16.4. The van der Waals surface area contributed by atoms with E-state index < -0.39 is 6.10 Å². The van der Waals surface area contributed by atoms with Crippen molar-refractivity contribution in [3.8, 4) is 11.5 Å². The summed E-state index contributed by atoms with van der Waals surface area (Å²) in [5, 5.41) is 0. The number of likely N-dealkylation sites (N-methyl/N-ethyl adjacent to an activating group) is 1. The molecule has 0 aliphatic carbocycles. The quantitative estimate of drug-likeness (QED) is 0.466. The molecular formula is C23H28N2O5. The van der Waals surface area contributed by atoms with E-state index in [4.69, 9.17) is 14.2 Å². The number of amides is 1. The summed E-state index contributed by atoms with van der Waals surface area (Å²) in [7, 11) is 4.83. The minimum atomic E-state index is -0.593. The van der Waals surface area contributed by atoms with E-state index in [0.717, 1.165) is 11.3 Å². The molecule has 2 aromatic rings. The van der Waals surface area contributed by atoms with Gasteiger partial charge in [-0.2, -0.15) is 0 Å². The van der Waals surface area contributed by atoms with Crippen LogP contribution in [0.15, 0.2) is 54.6 Å². The van der Waals surface area contributed by atoms with Crippen LogP contribution in [0.4, 0.5) is 0 Å². The molecular weight excluding hydrogens is 384 g/mol. The van der Waals surface area contributed by atoms with Crippen LogP contribution >= 0.6 is 0 Å². The summed E-state index contributed by atoms with van der Waals surface area (Å²) in [6.07, 6.45) is -0.593. The fourth-order valence-electron chi connectivity index (χ4n) is 3.49. The molecule has 0 aromatic heterocycles. The van der Waals surface area contributed by atoms with Gasteiger partial charge in [-0.15, -0.1) is 0 Å². The molecule has 0 N–H and O–H groups in total. The first-order valence-corrected chi connectivity index (χ1v) is 9.90. The van der Waals surface area contributed by atoms with Gasteiger partial charge >= 0.3 is 5.97 Å². The van der Waals surface area contributed by atoms with Gasteiger partial charge in [-0.3, -0.25) is 14.5 Å². The van der Waals surface area contributed by atoms with Crippen LogP contribution in [0.3, 0.4) is 0 Å². The summed E-state index contributed by atoms with van der Waals surface area (Å²) >= 11 is 0. The van der Waals surface area contributed by atoms with Gasteiger partial charge in [-0.25, -0.2) is 0 Å². The number of methoxy groups -OCH3 is 2. The molecule has 7 heteroatoms. The van der Waals surface area contributed by atoms with E-state index in [1.165, 1.54) is 7.11 Å². The molecule has 3 atom stereocenters. The Labute approximate surface area is 177 Å². The zero-order chi connectivity index (χ0) is 21.7. The topological polar surface area (TPSA) is 68.3 Å². The number of carbonyl (C=O) groups excluding carboxylic acids is 2. The Morgan fingerprint density at radius 1 is 1.07 bits per heavy atom. The number of hydrogen-bond donors (Lipinski definition) is 0.